The minimum absolute atomic E-state index is 0.184. The molecule has 7 nitrogen and oxygen atoms in total. The van der Waals surface area contributed by atoms with Gasteiger partial charge >= 0.3 is 6.03 Å². The second-order valence-electron chi connectivity index (χ2n) is 6.78. The van der Waals surface area contributed by atoms with Crippen molar-refractivity contribution in [3.63, 3.8) is 0 Å². The van der Waals surface area contributed by atoms with E-state index in [2.05, 4.69) is 5.32 Å². The molecule has 0 aliphatic carbocycles. The highest BCUT2D eigenvalue weighted by atomic mass is 16.2. The minimum atomic E-state index is -0.799. The Morgan fingerprint density at radius 3 is 2.38 bits per heavy atom. The van der Waals surface area contributed by atoms with Crippen LogP contribution in [0, 0.1) is 6.92 Å². The van der Waals surface area contributed by atoms with Gasteiger partial charge in [-0.3, -0.25) is 24.3 Å². The molecule has 1 saturated heterocycles. The summed E-state index contributed by atoms with van der Waals surface area (Å²) in [5, 5.41) is 2.92. The van der Waals surface area contributed by atoms with E-state index < -0.39 is 17.8 Å². The topological polar surface area (TPSA) is 88.5 Å². The van der Waals surface area contributed by atoms with Gasteiger partial charge in [0, 0.05) is 24.1 Å². The second-order valence-corrected chi connectivity index (χ2v) is 6.78. The maximum absolute atomic E-state index is 13.0. The first-order valence-electron chi connectivity index (χ1n) is 8.96. The molecule has 1 fully saturated rings. The van der Waals surface area contributed by atoms with Gasteiger partial charge in [-0.05, 0) is 31.2 Å². The lowest BCUT2D eigenvalue weighted by molar-refractivity contribution is -0.122. The molecular formula is C22H17N3O4. The molecular weight excluding hydrogens is 370 g/mol. The largest absolute Gasteiger partial charge is 0.335 e. The molecule has 0 radical (unpaired) electrons. The van der Waals surface area contributed by atoms with E-state index in [1.54, 1.807) is 54.7 Å². The molecule has 3 aromatic rings. The smallest absolute Gasteiger partial charge is 0.287 e. The van der Waals surface area contributed by atoms with Crippen molar-refractivity contribution in [3.05, 3.63) is 71.4 Å². The van der Waals surface area contributed by atoms with Gasteiger partial charge in [-0.2, -0.15) is 0 Å². The molecule has 0 spiro atoms. The first kappa shape index (κ1) is 18.4. The van der Waals surface area contributed by atoms with Crippen molar-refractivity contribution >= 4 is 46.4 Å². The highest BCUT2D eigenvalue weighted by Crippen LogP contribution is 2.26. The molecule has 1 N–H and O–H groups in total. The van der Waals surface area contributed by atoms with E-state index in [-0.39, 0.29) is 11.5 Å². The predicted octanol–water partition coefficient (Wildman–Crippen LogP) is 3.28. The Morgan fingerprint density at radius 2 is 1.69 bits per heavy atom. The molecule has 1 aromatic heterocycles. The van der Waals surface area contributed by atoms with Crippen LogP contribution in [0.3, 0.4) is 0 Å². The van der Waals surface area contributed by atoms with Crippen molar-refractivity contribution in [2.45, 2.75) is 13.8 Å². The zero-order valence-corrected chi connectivity index (χ0v) is 15.8. The van der Waals surface area contributed by atoms with Crippen LogP contribution in [-0.4, -0.2) is 28.3 Å². The van der Waals surface area contributed by atoms with Crippen LogP contribution in [-0.2, 0) is 9.59 Å². The number of nitrogens with zero attached hydrogens (tertiary/aromatic N) is 2. The van der Waals surface area contributed by atoms with E-state index in [1.807, 2.05) is 6.92 Å². The van der Waals surface area contributed by atoms with E-state index in [0.717, 1.165) is 15.8 Å². The van der Waals surface area contributed by atoms with Crippen molar-refractivity contribution in [1.29, 1.82) is 0 Å². The fourth-order valence-electron chi connectivity index (χ4n) is 3.32. The quantitative estimate of drug-likeness (QED) is 0.540. The Hall–Kier alpha value is -4.00. The number of urea groups is 1. The third-order valence-electron chi connectivity index (χ3n) is 4.78. The molecule has 0 bridgehead atoms. The van der Waals surface area contributed by atoms with Gasteiger partial charge in [-0.15, -0.1) is 0 Å². The molecule has 4 rings (SSSR count). The third kappa shape index (κ3) is 3.12. The van der Waals surface area contributed by atoms with Crippen molar-refractivity contribution < 1.29 is 19.2 Å². The SMILES string of the molecule is CC(=O)n1cc(/C=C2\C(=O)NC(=O)N(c3ccc(C)cc3)C2=O)c2ccccc21. The van der Waals surface area contributed by atoms with Crippen LogP contribution in [0.2, 0.25) is 0 Å². The average molecular weight is 387 g/mol. The number of hydrogen-bond donors (Lipinski definition) is 1. The number of fused-ring (bicyclic) bond motifs is 1. The zero-order chi connectivity index (χ0) is 20.7. The molecule has 7 heteroatoms. The number of hydrogen-bond acceptors (Lipinski definition) is 4. The molecule has 2 heterocycles. The van der Waals surface area contributed by atoms with E-state index in [1.165, 1.54) is 17.6 Å². The summed E-state index contributed by atoms with van der Waals surface area (Å²) in [4.78, 5) is 50.6. The molecule has 1 aliphatic rings. The second kappa shape index (κ2) is 6.87. The van der Waals surface area contributed by atoms with E-state index in [4.69, 9.17) is 0 Å². The molecule has 1 aliphatic heterocycles. The Morgan fingerprint density at radius 1 is 1.00 bits per heavy atom. The number of nitrogens with one attached hydrogen (secondary N) is 1. The number of rotatable bonds is 2. The Labute approximate surface area is 166 Å². The van der Waals surface area contributed by atoms with Gasteiger partial charge in [0.25, 0.3) is 11.8 Å². The standard InChI is InChI=1S/C22H17N3O4/c1-13-7-9-16(10-8-13)25-21(28)18(20(27)23-22(25)29)11-15-12-24(14(2)26)19-6-4-3-5-17(15)19/h3-12H,1-2H3,(H,23,27,29)/b18-11+. The highest BCUT2D eigenvalue weighted by Gasteiger charge is 2.37. The number of barbiturate groups is 1. The van der Waals surface area contributed by atoms with Gasteiger partial charge < -0.3 is 0 Å². The van der Waals surface area contributed by atoms with Gasteiger partial charge in [-0.25, -0.2) is 9.69 Å². The lowest BCUT2D eigenvalue weighted by Gasteiger charge is -2.26. The summed E-state index contributed by atoms with van der Waals surface area (Å²) in [6.07, 6.45) is 2.99. The molecule has 2 aromatic carbocycles. The van der Waals surface area contributed by atoms with Gasteiger partial charge in [-0.1, -0.05) is 35.9 Å². The monoisotopic (exact) mass is 387 g/mol. The van der Waals surface area contributed by atoms with Gasteiger partial charge in [0.1, 0.15) is 5.57 Å². The summed E-state index contributed by atoms with van der Waals surface area (Å²) in [6.45, 7) is 3.32. The van der Waals surface area contributed by atoms with Gasteiger partial charge in [0.15, 0.2) is 0 Å². The van der Waals surface area contributed by atoms with Crippen LogP contribution < -0.4 is 10.2 Å². The highest BCUT2D eigenvalue weighted by molar-refractivity contribution is 6.39. The average Bonchev–Trinajstić information content (AvgIpc) is 3.05. The summed E-state index contributed by atoms with van der Waals surface area (Å²) in [5.41, 5.74) is 2.36. The van der Waals surface area contributed by atoms with Crippen molar-refractivity contribution in [2.75, 3.05) is 4.90 Å². The van der Waals surface area contributed by atoms with Crippen LogP contribution in [0.25, 0.3) is 17.0 Å². The summed E-state index contributed by atoms with van der Waals surface area (Å²) in [5.74, 6) is -1.69. The molecule has 144 valence electrons. The van der Waals surface area contributed by atoms with Crippen molar-refractivity contribution in [1.82, 2.24) is 9.88 Å². The first-order chi connectivity index (χ1) is 13.9. The Kier molecular flexibility index (Phi) is 4.35. The van der Waals surface area contributed by atoms with E-state index in [9.17, 15) is 19.2 Å². The van der Waals surface area contributed by atoms with Crippen LogP contribution in [0.4, 0.5) is 10.5 Å². The number of amides is 4. The zero-order valence-electron chi connectivity index (χ0n) is 15.8. The Balaban J connectivity index is 1.83. The van der Waals surface area contributed by atoms with Crippen LogP contribution in [0.1, 0.15) is 22.8 Å². The summed E-state index contributed by atoms with van der Waals surface area (Å²) >= 11 is 0. The fourth-order valence-corrected chi connectivity index (χ4v) is 3.32. The summed E-state index contributed by atoms with van der Waals surface area (Å²) in [6, 6.07) is 13.2. The van der Waals surface area contributed by atoms with E-state index in [0.29, 0.717) is 16.8 Å². The molecule has 0 unspecified atom stereocenters. The molecule has 4 amide bonds. The number of imide groups is 2. The van der Waals surface area contributed by atoms with Gasteiger partial charge in [0.05, 0.1) is 11.2 Å². The summed E-state index contributed by atoms with van der Waals surface area (Å²) < 4.78 is 1.45. The van der Waals surface area contributed by atoms with Crippen molar-refractivity contribution in [2.24, 2.45) is 0 Å². The maximum atomic E-state index is 13.0. The normalized spacial score (nSPS) is 15.9. The number of carbonyl (C=O) groups excluding carboxylic acids is 4. The van der Waals surface area contributed by atoms with Gasteiger partial charge in [0.2, 0.25) is 5.91 Å². The number of aromatic nitrogens is 1. The molecule has 0 saturated carbocycles. The lowest BCUT2D eigenvalue weighted by Crippen LogP contribution is -2.54. The first-order valence-corrected chi connectivity index (χ1v) is 8.96. The third-order valence-corrected chi connectivity index (χ3v) is 4.78. The van der Waals surface area contributed by atoms with E-state index >= 15 is 0 Å². The number of anilines is 1. The minimum Gasteiger partial charge on any atom is -0.287 e. The molecule has 29 heavy (non-hydrogen) atoms. The molecule has 0 atom stereocenters. The number of benzene rings is 2. The van der Waals surface area contributed by atoms with Crippen molar-refractivity contribution in [3.8, 4) is 0 Å². The summed E-state index contributed by atoms with van der Waals surface area (Å²) in [7, 11) is 0. The number of para-hydroxylation sites is 1. The number of carbonyl (C=O) groups is 4. The Bertz CT molecular complexity index is 1220. The predicted molar refractivity (Wildman–Crippen MR) is 108 cm³/mol. The lowest BCUT2D eigenvalue weighted by atomic mass is 10.1. The van der Waals surface area contributed by atoms with Crippen LogP contribution in [0.15, 0.2) is 60.3 Å². The fraction of sp³-hybridized carbons (Fsp3) is 0.0909. The van der Waals surface area contributed by atoms with Crippen LogP contribution in [0.5, 0.6) is 0 Å². The van der Waals surface area contributed by atoms with Crippen LogP contribution >= 0.6 is 0 Å². The maximum Gasteiger partial charge on any atom is 0.335 e. The number of aryl methyl sites for hydroxylation is 1.